The van der Waals surface area contributed by atoms with Gasteiger partial charge in [0.1, 0.15) is 0 Å². The molecule has 0 radical (unpaired) electrons. The molecule has 0 aromatic carbocycles. The molecule has 0 unspecified atom stereocenters. The van der Waals surface area contributed by atoms with E-state index in [2.05, 4.69) is 9.80 Å². The van der Waals surface area contributed by atoms with Crippen LogP contribution in [0.2, 0.25) is 0 Å². The van der Waals surface area contributed by atoms with Gasteiger partial charge in [0.2, 0.25) is 0 Å². The molecule has 0 saturated heterocycles. The third-order valence-electron chi connectivity index (χ3n) is 1.32. The van der Waals surface area contributed by atoms with Crippen molar-refractivity contribution >= 4 is 7.25 Å². The first-order valence-electron chi connectivity index (χ1n) is 3.93. The number of rotatable bonds is 2. The highest BCUT2D eigenvalue weighted by Crippen LogP contribution is 2.06. The lowest BCUT2D eigenvalue weighted by Gasteiger charge is -2.15. The third kappa shape index (κ3) is 9.18. The maximum atomic E-state index is 9.75. The average molecular weight is 216 g/mol. The van der Waals surface area contributed by atoms with Crippen LogP contribution in [0.25, 0.3) is 0 Å². The standard InChI is InChI=1S/C6H12N2O.BF4/c1-7-2-3-8(6-7)4-5-9;2-1(3,4)5/h2-3,9H,4-6H2,1H3;/q;-1/p+1. The predicted octanol–water partition coefficient (Wildman–Crippen LogP) is 1.07. The van der Waals surface area contributed by atoms with Gasteiger partial charge in [-0.05, 0) is 0 Å². The third-order valence-corrected chi connectivity index (χ3v) is 1.32. The Bertz CT molecular complexity index is 186. The Hall–Kier alpha value is -0.915. The van der Waals surface area contributed by atoms with Crippen LogP contribution >= 0.6 is 0 Å². The Kier molecular flexibility index (Phi) is 5.36. The summed E-state index contributed by atoms with van der Waals surface area (Å²) in [5.41, 5.74) is 0. The van der Waals surface area contributed by atoms with Gasteiger partial charge in [0.05, 0.1) is 13.3 Å². The highest BCUT2D eigenvalue weighted by Gasteiger charge is 2.20. The van der Waals surface area contributed by atoms with E-state index in [0.29, 0.717) is 0 Å². The van der Waals surface area contributed by atoms with Gasteiger partial charge in [0, 0.05) is 26.0 Å². The molecule has 8 heteroatoms. The van der Waals surface area contributed by atoms with Gasteiger partial charge in [-0.2, -0.15) is 0 Å². The van der Waals surface area contributed by atoms with Crippen LogP contribution in [0.15, 0.2) is 12.4 Å². The van der Waals surface area contributed by atoms with E-state index in [9.17, 15) is 17.3 Å². The van der Waals surface area contributed by atoms with Crippen molar-refractivity contribution in [1.29, 1.82) is 0 Å². The fraction of sp³-hybridized carbons (Fsp3) is 0.667. The van der Waals surface area contributed by atoms with E-state index in [4.69, 9.17) is 5.11 Å². The van der Waals surface area contributed by atoms with Crippen molar-refractivity contribution in [3.05, 3.63) is 12.4 Å². The minimum Gasteiger partial charge on any atom is -0.418 e. The van der Waals surface area contributed by atoms with Crippen LogP contribution in [0.1, 0.15) is 1.43 Å². The van der Waals surface area contributed by atoms with Gasteiger partial charge < -0.3 is 32.2 Å². The van der Waals surface area contributed by atoms with E-state index >= 15 is 0 Å². The van der Waals surface area contributed by atoms with E-state index in [-0.39, 0.29) is 8.03 Å². The number of β-amino-alcohol motifs (C(OH)–C–C–N with tert-alkyl or cyclic N) is 1. The Morgan fingerprint density at radius 2 is 1.86 bits per heavy atom. The van der Waals surface area contributed by atoms with Crippen molar-refractivity contribution in [2.75, 3.05) is 26.9 Å². The molecule has 1 heterocycles. The fourth-order valence-corrected chi connectivity index (χ4v) is 0.863. The highest BCUT2D eigenvalue weighted by atomic mass is 19.5. The summed E-state index contributed by atoms with van der Waals surface area (Å²) in [4.78, 5) is 4.12. The molecule has 1 rings (SSSR count). The van der Waals surface area contributed by atoms with Gasteiger partial charge >= 0.3 is 8.68 Å². The average Bonchev–Trinajstić information content (AvgIpc) is 2.32. The maximum Gasteiger partial charge on any atom is 1.00 e. The predicted molar refractivity (Wildman–Crippen MR) is 46.9 cm³/mol. The molecular weight excluding hydrogens is 203 g/mol. The topological polar surface area (TPSA) is 26.7 Å². The first-order chi connectivity index (χ1) is 6.33. The lowest BCUT2D eigenvalue weighted by Crippen LogP contribution is -2.24. The molecule has 1 N–H and O–H groups in total. The molecule has 0 spiro atoms. The molecule has 0 amide bonds. The van der Waals surface area contributed by atoms with Crippen LogP contribution in [-0.2, 0) is 0 Å². The van der Waals surface area contributed by atoms with Crippen LogP contribution < -0.4 is 0 Å². The molecule has 14 heavy (non-hydrogen) atoms. The molecule has 0 atom stereocenters. The fourth-order valence-electron chi connectivity index (χ4n) is 0.863. The van der Waals surface area contributed by atoms with E-state index in [1.807, 2.05) is 19.4 Å². The molecule has 84 valence electrons. The molecule has 0 saturated carbocycles. The summed E-state index contributed by atoms with van der Waals surface area (Å²) >= 11 is 0. The molecule has 0 bridgehead atoms. The first kappa shape index (κ1) is 13.1. The lowest BCUT2D eigenvalue weighted by molar-refractivity contribution is 0.217. The van der Waals surface area contributed by atoms with Gasteiger partial charge in [-0.1, -0.05) is 0 Å². The molecule has 1 aliphatic heterocycles. The second-order valence-electron chi connectivity index (χ2n) is 2.73. The summed E-state index contributed by atoms with van der Waals surface area (Å²) in [6.45, 7) is 1.87. The summed E-state index contributed by atoms with van der Waals surface area (Å²) in [6, 6.07) is 0. The van der Waals surface area contributed by atoms with Gasteiger partial charge in [-0.25, -0.2) is 0 Å². The van der Waals surface area contributed by atoms with E-state index < -0.39 is 7.25 Å². The quantitative estimate of drug-likeness (QED) is 0.552. The van der Waals surface area contributed by atoms with Crippen LogP contribution in [-0.4, -0.2) is 49.0 Å². The largest absolute Gasteiger partial charge is 1.00 e. The maximum absolute atomic E-state index is 9.75. The molecule has 0 aromatic heterocycles. The lowest BCUT2D eigenvalue weighted by atomic mass is 10.3. The molecular formula is C6H13BF4N2O. The normalized spacial score (nSPS) is 15.6. The van der Waals surface area contributed by atoms with Crippen molar-refractivity contribution in [3.8, 4) is 0 Å². The zero-order valence-corrected chi connectivity index (χ0v) is 7.71. The van der Waals surface area contributed by atoms with Gasteiger partial charge in [-0.3, -0.25) is 0 Å². The highest BCUT2D eigenvalue weighted by molar-refractivity contribution is 6.50. The summed E-state index contributed by atoms with van der Waals surface area (Å²) in [5, 5.41) is 8.52. The van der Waals surface area contributed by atoms with E-state index in [1.165, 1.54) is 0 Å². The molecule has 0 aliphatic carbocycles. The minimum atomic E-state index is -6.00. The van der Waals surface area contributed by atoms with Crippen molar-refractivity contribution in [3.63, 3.8) is 0 Å². The second-order valence-corrected chi connectivity index (χ2v) is 2.73. The minimum absolute atomic E-state index is 0. The van der Waals surface area contributed by atoms with E-state index in [1.54, 1.807) is 0 Å². The number of aliphatic hydroxyl groups excluding tert-OH is 1. The monoisotopic (exact) mass is 216 g/mol. The Morgan fingerprint density at radius 3 is 2.14 bits per heavy atom. The molecule has 0 aromatic rings. The Balaban J connectivity index is 0. The SMILES string of the molecule is CN1C=CN(CCO)C1.F[B-](F)(F)F.[H+]. The number of hydrogen-bond donors (Lipinski definition) is 1. The summed E-state index contributed by atoms with van der Waals surface area (Å²) < 4.78 is 39.0. The zero-order valence-electron chi connectivity index (χ0n) is 8.71. The second kappa shape index (κ2) is 5.74. The molecule has 3 nitrogen and oxygen atoms in total. The van der Waals surface area contributed by atoms with Crippen LogP contribution in [0.4, 0.5) is 17.3 Å². The van der Waals surface area contributed by atoms with Crippen LogP contribution in [0.5, 0.6) is 0 Å². The molecule has 0 fully saturated rings. The van der Waals surface area contributed by atoms with Crippen LogP contribution in [0.3, 0.4) is 0 Å². The summed E-state index contributed by atoms with van der Waals surface area (Å²) in [6.07, 6.45) is 3.98. The van der Waals surface area contributed by atoms with Crippen molar-refractivity contribution in [1.82, 2.24) is 9.80 Å². The zero-order chi connectivity index (χ0) is 11.2. The first-order valence-corrected chi connectivity index (χ1v) is 3.93. The van der Waals surface area contributed by atoms with E-state index in [0.717, 1.165) is 13.2 Å². The Labute approximate surface area is 81.2 Å². The smallest absolute Gasteiger partial charge is 0.418 e. The van der Waals surface area contributed by atoms with Gasteiger partial charge in [0.25, 0.3) is 0 Å². The summed E-state index contributed by atoms with van der Waals surface area (Å²) in [5.74, 6) is 0. The number of hydrogen-bond acceptors (Lipinski definition) is 3. The Morgan fingerprint density at radius 1 is 1.36 bits per heavy atom. The van der Waals surface area contributed by atoms with Crippen molar-refractivity contribution in [2.45, 2.75) is 0 Å². The van der Waals surface area contributed by atoms with Crippen LogP contribution in [0, 0.1) is 0 Å². The summed E-state index contributed by atoms with van der Waals surface area (Å²) in [7, 11) is -3.99. The molecule has 1 aliphatic rings. The van der Waals surface area contributed by atoms with Gasteiger partial charge in [-0.15, -0.1) is 0 Å². The van der Waals surface area contributed by atoms with Gasteiger partial charge in [0.15, 0.2) is 0 Å². The number of nitrogens with zero attached hydrogens (tertiary/aromatic N) is 2. The van der Waals surface area contributed by atoms with Crippen molar-refractivity contribution in [2.24, 2.45) is 0 Å². The number of aliphatic hydroxyl groups is 1. The van der Waals surface area contributed by atoms with Crippen molar-refractivity contribution < 1.29 is 23.8 Å². The number of halogens is 4.